The Labute approximate surface area is 156 Å². The minimum Gasteiger partial charge on any atom is -0.461 e. The molecular formula is C19H33N3O4. The van der Waals surface area contributed by atoms with E-state index in [4.69, 9.17) is 4.74 Å². The van der Waals surface area contributed by atoms with Crippen molar-refractivity contribution in [1.82, 2.24) is 15.5 Å². The summed E-state index contributed by atoms with van der Waals surface area (Å²) in [6.07, 6.45) is 5.91. The van der Waals surface area contributed by atoms with E-state index >= 15 is 0 Å². The summed E-state index contributed by atoms with van der Waals surface area (Å²) in [5.41, 5.74) is -0.429. The van der Waals surface area contributed by atoms with Gasteiger partial charge in [0.05, 0.1) is 0 Å². The summed E-state index contributed by atoms with van der Waals surface area (Å²) in [7, 11) is 0. The molecule has 1 saturated carbocycles. The van der Waals surface area contributed by atoms with E-state index in [-0.39, 0.29) is 24.6 Å². The van der Waals surface area contributed by atoms with Crippen LogP contribution in [0.25, 0.3) is 0 Å². The minimum atomic E-state index is -0.645. The molecule has 0 spiro atoms. The van der Waals surface area contributed by atoms with Crippen LogP contribution in [0.3, 0.4) is 0 Å². The maximum absolute atomic E-state index is 12.9. The molecule has 2 rings (SSSR count). The molecule has 0 bridgehead atoms. The summed E-state index contributed by atoms with van der Waals surface area (Å²) in [4.78, 5) is 38.8. The molecule has 148 valence electrons. The molecule has 3 amide bonds. The zero-order valence-corrected chi connectivity index (χ0v) is 16.5. The van der Waals surface area contributed by atoms with Gasteiger partial charge in [-0.2, -0.15) is 0 Å². The summed E-state index contributed by atoms with van der Waals surface area (Å²) in [6, 6.07) is -0.971. The van der Waals surface area contributed by atoms with Crippen LogP contribution in [0.5, 0.6) is 0 Å². The molecule has 1 aliphatic heterocycles. The number of carbonyl (C=O) groups excluding carboxylic acids is 3. The molecule has 2 fully saturated rings. The molecule has 7 nitrogen and oxygen atoms in total. The lowest BCUT2D eigenvalue weighted by Gasteiger charge is -2.35. The third kappa shape index (κ3) is 5.61. The second-order valence-corrected chi connectivity index (χ2v) is 8.55. The number of likely N-dealkylation sites (tertiary alicyclic amines) is 1. The molecule has 1 aliphatic carbocycles. The van der Waals surface area contributed by atoms with Gasteiger partial charge in [0, 0.05) is 12.6 Å². The van der Waals surface area contributed by atoms with Crippen LogP contribution in [0.15, 0.2) is 0 Å². The number of nitrogens with zero attached hydrogens (tertiary/aromatic N) is 1. The minimum absolute atomic E-state index is 0.0204. The largest absolute Gasteiger partial charge is 0.461 e. The first-order valence-corrected chi connectivity index (χ1v) is 9.73. The number of carbonyl (C=O) groups is 3. The van der Waals surface area contributed by atoms with Crippen LogP contribution in [-0.4, -0.2) is 54.1 Å². The number of hydrogen-bond acceptors (Lipinski definition) is 4. The number of nitrogens with one attached hydrogen (secondary N) is 2. The molecular weight excluding hydrogens is 334 g/mol. The van der Waals surface area contributed by atoms with Gasteiger partial charge in [0.25, 0.3) is 0 Å². The lowest BCUT2D eigenvalue weighted by molar-refractivity contribution is -0.147. The second-order valence-electron chi connectivity index (χ2n) is 8.55. The monoisotopic (exact) mass is 367 g/mol. The Balaban J connectivity index is 1.85. The van der Waals surface area contributed by atoms with E-state index in [0.717, 1.165) is 45.1 Å². The van der Waals surface area contributed by atoms with Crippen LogP contribution in [0.1, 0.15) is 66.2 Å². The number of amides is 3. The molecule has 0 aromatic rings. The van der Waals surface area contributed by atoms with Crippen molar-refractivity contribution in [2.45, 2.75) is 84.4 Å². The van der Waals surface area contributed by atoms with E-state index in [9.17, 15) is 14.4 Å². The lowest BCUT2D eigenvalue weighted by Crippen LogP contribution is -2.57. The van der Waals surface area contributed by atoms with E-state index < -0.39 is 23.5 Å². The number of rotatable bonds is 5. The standard InChI is InChI=1S/C19H33N3O4/c1-13-8-7-11-22(13)17(24)16(19(2,3)4)21-18(25)20-12-15(23)26-14-9-5-6-10-14/h13-14,16H,5-12H2,1-4H3,(H2,20,21,25)/t13?,16-/m1/s1. The number of esters is 1. The SMILES string of the molecule is CC1CCCN1C(=O)[C@@H](NC(=O)NCC(=O)OC1CCCC1)C(C)(C)C. The average molecular weight is 367 g/mol. The predicted octanol–water partition coefficient (Wildman–Crippen LogP) is 2.20. The Kier molecular flexibility index (Phi) is 6.89. The zero-order chi connectivity index (χ0) is 19.3. The molecule has 2 atom stereocenters. The van der Waals surface area contributed by atoms with Crippen molar-refractivity contribution in [2.24, 2.45) is 5.41 Å². The topological polar surface area (TPSA) is 87.7 Å². The fourth-order valence-corrected chi connectivity index (χ4v) is 3.64. The Morgan fingerprint density at radius 1 is 1.12 bits per heavy atom. The Hall–Kier alpha value is -1.79. The predicted molar refractivity (Wildman–Crippen MR) is 98.5 cm³/mol. The van der Waals surface area contributed by atoms with Crippen LogP contribution in [0, 0.1) is 5.41 Å². The van der Waals surface area contributed by atoms with Crippen LogP contribution in [0.2, 0.25) is 0 Å². The van der Waals surface area contributed by atoms with Gasteiger partial charge >= 0.3 is 12.0 Å². The van der Waals surface area contributed by atoms with E-state index in [1.807, 2.05) is 32.6 Å². The van der Waals surface area contributed by atoms with Gasteiger partial charge in [0.2, 0.25) is 5.91 Å². The van der Waals surface area contributed by atoms with Crippen LogP contribution in [-0.2, 0) is 14.3 Å². The number of urea groups is 1. The number of hydrogen-bond donors (Lipinski definition) is 2. The number of ether oxygens (including phenoxy) is 1. The smallest absolute Gasteiger partial charge is 0.325 e. The first kappa shape index (κ1) is 20.5. The zero-order valence-electron chi connectivity index (χ0n) is 16.5. The third-order valence-corrected chi connectivity index (χ3v) is 5.22. The van der Waals surface area contributed by atoms with E-state index in [1.165, 1.54) is 0 Å². The van der Waals surface area contributed by atoms with Gasteiger partial charge in [-0.25, -0.2) is 4.79 Å². The summed E-state index contributed by atoms with van der Waals surface area (Å²) < 4.78 is 5.32. The van der Waals surface area contributed by atoms with Crippen LogP contribution < -0.4 is 10.6 Å². The molecule has 1 heterocycles. The van der Waals surface area contributed by atoms with Crippen molar-refractivity contribution in [2.75, 3.05) is 13.1 Å². The first-order valence-electron chi connectivity index (χ1n) is 9.73. The Bertz CT molecular complexity index is 523. The highest BCUT2D eigenvalue weighted by Crippen LogP contribution is 2.25. The van der Waals surface area contributed by atoms with Gasteiger partial charge in [-0.3, -0.25) is 9.59 Å². The van der Waals surface area contributed by atoms with E-state index in [0.29, 0.717) is 0 Å². The third-order valence-electron chi connectivity index (χ3n) is 5.22. The van der Waals surface area contributed by atoms with Gasteiger partial charge in [0.15, 0.2) is 0 Å². The van der Waals surface area contributed by atoms with Crippen molar-refractivity contribution in [3.63, 3.8) is 0 Å². The van der Waals surface area contributed by atoms with Crippen molar-refractivity contribution >= 4 is 17.9 Å². The van der Waals surface area contributed by atoms with Crippen LogP contribution in [0.4, 0.5) is 4.79 Å². The van der Waals surface area contributed by atoms with Gasteiger partial charge in [-0.15, -0.1) is 0 Å². The molecule has 0 radical (unpaired) electrons. The highest BCUT2D eigenvalue weighted by atomic mass is 16.5. The summed E-state index contributed by atoms with van der Waals surface area (Å²) in [5, 5.41) is 5.27. The van der Waals surface area contributed by atoms with Gasteiger partial charge in [0.1, 0.15) is 18.7 Å². The average Bonchev–Trinajstić information content (AvgIpc) is 3.20. The van der Waals surface area contributed by atoms with Crippen LogP contribution >= 0.6 is 0 Å². The van der Waals surface area contributed by atoms with E-state index in [2.05, 4.69) is 10.6 Å². The normalized spacial score (nSPS) is 22.2. The summed E-state index contributed by atoms with van der Waals surface area (Å²) in [6.45, 7) is 8.33. The van der Waals surface area contributed by atoms with Crippen molar-refractivity contribution in [3.05, 3.63) is 0 Å². The fraction of sp³-hybridized carbons (Fsp3) is 0.842. The highest BCUT2D eigenvalue weighted by molar-refractivity contribution is 5.89. The Morgan fingerprint density at radius 3 is 2.31 bits per heavy atom. The molecule has 0 aromatic heterocycles. The molecule has 1 saturated heterocycles. The molecule has 1 unspecified atom stereocenters. The van der Waals surface area contributed by atoms with Gasteiger partial charge < -0.3 is 20.3 Å². The summed E-state index contributed by atoms with van der Waals surface area (Å²) in [5.74, 6) is -0.495. The molecule has 2 N–H and O–H groups in total. The lowest BCUT2D eigenvalue weighted by atomic mass is 9.85. The maximum Gasteiger partial charge on any atom is 0.325 e. The quantitative estimate of drug-likeness (QED) is 0.729. The molecule has 26 heavy (non-hydrogen) atoms. The first-order chi connectivity index (χ1) is 12.2. The second kappa shape index (κ2) is 8.73. The molecule has 0 aromatic carbocycles. The highest BCUT2D eigenvalue weighted by Gasteiger charge is 2.38. The summed E-state index contributed by atoms with van der Waals surface area (Å²) >= 11 is 0. The van der Waals surface area contributed by atoms with E-state index in [1.54, 1.807) is 0 Å². The van der Waals surface area contributed by atoms with Gasteiger partial charge in [-0.05, 0) is 50.9 Å². The maximum atomic E-state index is 12.9. The molecule has 2 aliphatic rings. The van der Waals surface area contributed by atoms with Crippen molar-refractivity contribution in [1.29, 1.82) is 0 Å². The van der Waals surface area contributed by atoms with Crippen molar-refractivity contribution in [3.8, 4) is 0 Å². The molecule has 7 heteroatoms. The van der Waals surface area contributed by atoms with Gasteiger partial charge in [-0.1, -0.05) is 20.8 Å². The fourth-order valence-electron chi connectivity index (χ4n) is 3.64. The van der Waals surface area contributed by atoms with Crippen molar-refractivity contribution < 1.29 is 19.1 Å². The Morgan fingerprint density at radius 2 is 1.77 bits per heavy atom.